The van der Waals surface area contributed by atoms with Gasteiger partial charge in [-0.1, -0.05) is 0 Å². The fraction of sp³-hybridized carbons (Fsp3) is 0.545. The molecule has 1 aliphatic heterocycles. The van der Waals surface area contributed by atoms with Crippen molar-refractivity contribution < 1.29 is 65.8 Å². The quantitative estimate of drug-likeness (QED) is 0.156. The summed E-state index contributed by atoms with van der Waals surface area (Å²) in [5.74, 6) is -1.02. The molecule has 0 spiro atoms. The van der Waals surface area contributed by atoms with Gasteiger partial charge in [0.25, 0.3) is 0 Å². The number of carbonyl (C=O) groups excluding carboxylic acids is 1. The largest absolute Gasteiger partial charge is 0.490 e. The van der Waals surface area contributed by atoms with Crippen LogP contribution in [-0.2, 0) is 41.1 Å². The third-order valence-corrected chi connectivity index (χ3v) is 7.36. The Balaban J connectivity index is 2.17. The monoisotopic (exact) mass is 525 g/mol. The second-order valence-electron chi connectivity index (χ2n) is 6.06. The van der Waals surface area contributed by atoms with Crippen LogP contribution in [0.1, 0.15) is 13.2 Å². The fourth-order valence-corrected chi connectivity index (χ4v) is 5.52. The van der Waals surface area contributed by atoms with Gasteiger partial charge in [0, 0.05) is 13.1 Å². The summed E-state index contributed by atoms with van der Waals surface area (Å²) in [7, 11) is -16.8. The minimum Gasteiger partial charge on any atom is -0.455 e. The second kappa shape index (κ2) is 9.77. The number of nitrogens with zero attached hydrogens (tertiary/aromatic N) is 2. The maximum absolute atomic E-state index is 12.1. The molecule has 3 unspecified atom stereocenters. The molecule has 0 saturated carbocycles. The molecular weight excluding hydrogens is 507 g/mol. The Labute approximate surface area is 177 Å². The number of aliphatic hydroxyl groups is 1. The van der Waals surface area contributed by atoms with Crippen LogP contribution >= 0.6 is 23.5 Å². The molecule has 18 nitrogen and oxygen atoms in total. The molecule has 1 aliphatic rings. The van der Waals surface area contributed by atoms with Gasteiger partial charge < -0.3 is 39.9 Å². The number of rotatable bonds is 9. The molecule has 0 bridgehead atoms. The summed E-state index contributed by atoms with van der Waals surface area (Å²) in [4.78, 5) is 62.5. The van der Waals surface area contributed by atoms with Gasteiger partial charge in [-0.05, 0) is 6.07 Å². The van der Waals surface area contributed by atoms with Crippen LogP contribution in [0.2, 0.25) is 0 Å². The number of hydrogen-bond acceptors (Lipinski definition) is 13. The van der Waals surface area contributed by atoms with Crippen molar-refractivity contribution >= 4 is 35.3 Å². The lowest BCUT2D eigenvalue weighted by Crippen LogP contribution is -2.39. The lowest BCUT2D eigenvalue weighted by molar-refractivity contribution is -0.156. The standard InChI is InChI=1S/C11H18N3O15P3/c1-5(15)26-9-8(16)6(27-10(9)14-3-2-7(12)13-11(14)17)4-25-31(21,22)29-32(23,24)28-30(18,19)20/h2-3,6,8-10,16H,4H2,1H3,(H,21,22)(H,23,24)(H2,12,13,17)(H2,18,19,20)/t6-,8?,9+,10-/m1/s1. The zero-order valence-corrected chi connectivity index (χ0v) is 18.5. The molecule has 0 aromatic carbocycles. The predicted octanol–water partition coefficient (Wildman–Crippen LogP) is -1.64. The highest BCUT2D eigenvalue weighted by Gasteiger charge is 2.49. The Hall–Kier alpha value is -1.52. The molecule has 2 heterocycles. The van der Waals surface area contributed by atoms with Gasteiger partial charge in [-0.25, -0.2) is 18.5 Å². The maximum atomic E-state index is 12.1. The predicted molar refractivity (Wildman–Crippen MR) is 98.2 cm³/mol. The normalized spacial score (nSPS) is 27.4. The van der Waals surface area contributed by atoms with E-state index in [2.05, 4.69) is 18.1 Å². The molecule has 0 aliphatic carbocycles. The number of nitrogens with two attached hydrogens (primary N) is 1. The van der Waals surface area contributed by atoms with E-state index in [-0.39, 0.29) is 5.82 Å². The van der Waals surface area contributed by atoms with Crippen LogP contribution in [0.5, 0.6) is 0 Å². The van der Waals surface area contributed by atoms with Crippen molar-refractivity contribution in [2.75, 3.05) is 12.3 Å². The highest BCUT2D eigenvalue weighted by molar-refractivity contribution is 7.66. The summed E-state index contributed by atoms with van der Waals surface area (Å²) in [5.41, 5.74) is 4.43. The summed E-state index contributed by atoms with van der Waals surface area (Å²) in [6.45, 7) is -0.0521. The molecule has 1 aromatic heterocycles. The van der Waals surface area contributed by atoms with Crippen molar-refractivity contribution in [3.8, 4) is 0 Å². The summed E-state index contributed by atoms with van der Waals surface area (Å²) in [6.07, 6.45) is -5.21. The molecule has 6 atom stereocenters. The van der Waals surface area contributed by atoms with E-state index >= 15 is 0 Å². The minimum atomic E-state index is -5.75. The van der Waals surface area contributed by atoms with E-state index in [4.69, 9.17) is 29.9 Å². The van der Waals surface area contributed by atoms with E-state index in [1.807, 2.05) is 0 Å². The molecule has 1 aromatic rings. The van der Waals surface area contributed by atoms with E-state index in [0.717, 1.165) is 17.7 Å². The molecule has 1 saturated heterocycles. The van der Waals surface area contributed by atoms with Crippen molar-refractivity contribution in [1.29, 1.82) is 0 Å². The first-order chi connectivity index (χ1) is 14.5. The molecule has 182 valence electrons. The number of phosphoric ester groups is 1. The molecule has 0 radical (unpaired) electrons. The first-order valence-electron chi connectivity index (χ1n) is 8.13. The average molecular weight is 525 g/mol. The van der Waals surface area contributed by atoms with Crippen LogP contribution in [0.4, 0.5) is 5.82 Å². The smallest absolute Gasteiger partial charge is 0.455 e. The van der Waals surface area contributed by atoms with E-state index in [0.29, 0.717) is 0 Å². The van der Waals surface area contributed by atoms with Crippen molar-refractivity contribution in [2.24, 2.45) is 0 Å². The number of hydrogen-bond donors (Lipinski definition) is 6. The fourth-order valence-electron chi connectivity index (χ4n) is 2.49. The van der Waals surface area contributed by atoms with Crippen molar-refractivity contribution in [1.82, 2.24) is 9.55 Å². The topological polar surface area (TPSA) is 276 Å². The molecule has 1 fully saturated rings. The first-order valence-corrected chi connectivity index (χ1v) is 12.7. The van der Waals surface area contributed by atoms with Crippen molar-refractivity contribution in [3.63, 3.8) is 0 Å². The second-order valence-corrected chi connectivity index (χ2v) is 10.5. The Kier molecular flexibility index (Phi) is 8.16. The third-order valence-electron chi connectivity index (χ3n) is 3.56. The average Bonchev–Trinajstić information content (AvgIpc) is 2.85. The van der Waals surface area contributed by atoms with Gasteiger partial charge in [0.05, 0.1) is 6.61 Å². The van der Waals surface area contributed by atoms with Gasteiger partial charge in [0.2, 0.25) is 0 Å². The van der Waals surface area contributed by atoms with Crippen molar-refractivity contribution in [2.45, 2.75) is 31.5 Å². The third kappa shape index (κ3) is 7.52. The summed E-state index contributed by atoms with van der Waals surface area (Å²) in [6, 6.07) is 1.20. The Bertz CT molecular complexity index is 1050. The van der Waals surface area contributed by atoms with E-state index in [1.54, 1.807) is 0 Å². The van der Waals surface area contributed by atoms with Crippen LogP contribution < -0.4 is 11.4 Å². The lowest BCUT2D eigenvalue weighted by atomic mass is 10.1. The summed E-state index contributed by atoms with van der Waals surface area (Å²) in [5, 5.41) is 10.4. The number of aliphatic hydroxyl groups excluding tert-OH is 1. The molecule has 21 heteroatoms. The number of nitrogen functional groups attached to an aromatic ring is 1. The highest BCUT2D eigenvalue weighted by Crippen LogP contribution is 2.66. The Morgan fingerprint density at radius 2 is 1.84 bits per heavy atom. The molecule has 32 heavy (non-hydrogen) atoms. The molecule has 7 N–H and O–H groups in total. The van der Waals surface area contributed by atoms with E-state index in [9.17, 15) is 33.3 Å². The van der Waals surface area contributed by atoms with Gasteiger partial charge in [-0.3, -0.25) is 13.9 Å². The lowest BCUT2D eigenvalue weighted by Gasteiger charge is -2.21. The van der Waals surface area contributed by atoms with Crippen LogP contribution in [0, 0.1) is 0 Å². The molecular formula is C11H18N3O15P3. The number of ether oxygens (including phenoxy) is 2. The zero-order valence-electron chi connectivity index (χ0n) is 15.8. The Morgan fingerprint density at radius 3 is 2.38 bits per heavy atom. The molecule has 0 amide bonds. The zero-order chi connectivity index (χ0) is 24.5. The number of phosphoric acid groups is 3. The number of carbonyl (C=O) groups is 1. The van der Waals surface area contributed by atoms with Gasteiger partial charge in [-0.15, -0.1) is 0 Å². The highest BCUT2D eigenvalue weighted by atomic mass is 31.3. The number of aromatic nitrogens is 2. The summed E-state index contributed by atoms with van der Waals surface area (Å²) >= 11 is 0. The van der Waals surface area contributed by atoms with Gasteiger partial charge in [-0.2, -0.15) is 13.6 Å². The van der Waals surface area contributed by atoms with Crippen LogP contribution in [0.15, 0.2) is 17.1 Å². The van der Waals surface area contributed by atoms with Crippen LogP contribution in [0.3, 0.4) is 0 Å². The first kappa shape index (κ1) is 26.7. The summed E-state index contributed by atoms with van der Waals surface area (Å²) < 4.78 is 56.4. The number of esters is 1. The number of anilines is 1. The van der Waals surface area contributed by atoms with Gasteiger partial charge in [0.15, 0.2) is 12.3 Å². The van der Waals surface area contributed by atoms with Crippen molar-refractivity contribution in [3.05, 3.63) is 22.7 Å². The maximum Gasteiger partial charge on any atom is 0.490 e. The van der Waals surface area contributed by atoms with E-state index in [1.165, 1.54) is 6.07 Å². The van der Waals surface area contributed by atoms with Crippen LogP contribution in [0.25, 0.3) is 0 Å². The minimum absolute atomic E-state index is 0.141. The van der Waals surface area contributed by atoms with E-state index < -0.39 is 66.3 Å². The van der Waals surface area contributed by atoms with Gasteiger partial charge >= 0.3 is 35.1 Å². The Morgan fingerprint density at radius 1 is 1.22 bits per heavy atom. The SMILES string of the molecule is CC(=O)O[C@H]1C(O)[C@@H](COP(=O)(O)OP(=O)(O)OP(=O)(O)O)O[C@H]1n1ccc(N)nc1=O. The van der Waals surface area contributed by atoms with Crippen LogP contribution in [-0.4, -0.2) is 65.1 Å². The van der Waals surface area contributed by atoms with Gasteiger partial charge in [0.1, 0.15) is 18.0 Å². The molecule has 2 rings (SSSR count).